The lowest BCUT2D eigenvalue weighted by Gasteiger charge is -2.17. The number of carbonyl (C=O) groups excluding carboxylic acids is 1. The third-order valence-corrected chi connectivity index (χ3v) is 5.06. The van der Waals surface area contributed by atoms with Crippen molar-refractivity contribution in [3.63, 3.8) is 0 Å². The molecule has 0 heterocycles. The lowest BCUT2D eigenvalue weighted by atomic mass is 10.3. The number of aliphatic hydroxyl groups is 1. The Kier molecular flexibility index (Phi) is 8.77. The summed E-state index contributed by atoms with van der Waals surface area (Å²) in [5.74, 6) is 1.55. The van der Waals surface area contributed by atoms with Crippen LogP contribution in [0.2, 0.25) is 0 Å². The lowest BCUT2D eigenvalue weighted by molar-refractivity contribution is -0.119. The highest BCUT2D eigenvalue weighted by atomic mass is 79.9. The third-order valence-electron chi connectivity index (χ3n) is 3.52. The summed E-state index contributed by atoms with van der Waals surface area (Å²) in [4.78, 5) is 12.9. The van der Waals surface area contributed by atoms with E-state index in [0.717, 1.165) is 9.37 Å². The predicted molar refractivity (Wildman–Crippen MR) is 109 cm³/mol. The molecule has 0 aliphatic carbocycles. The zero-order valence-electron chi connectivity index (χ0n) is 15.1. The summed E-state index contributed by atoms with van der Waals surface area (Å²) in [5, 5.41) is 12.8. The molecule has 0 spiro atoms. The Morgan fingerprint density at radius 2 is 1.78 bits per heavy atom. The van der Waals surface area contributed by atoms with Crippen molar-refractivity contribution in [3.8, 4) is 17.2 Å². The van der Waals surface area contributed by atoms with Gasteiger partial charge >= 0.3 is 0 Å². The summed E-state index contributed by atoms with van der Waals surface area (Å²) in [5.41, 5.74) is 0. The van der Waals surface area contributed by atoms with Crippen LogP contribution >= 0.6 is 27.7 Å². The van der Waals surface area contributed by atoms with E-state index in [4.69, 9.17) is 14.2 Å². The summed E-state index contributed by atoms with van der Waals surface area (Å²) < 4.78 is 17.1. The molecule has 0 saturated heterocycles. The quantitative estimate of drug-likeness (QED) is 0.536. The molecule has 0 aliphatic rings. The van der Waals surface area contributed by atoms with Crippen LogP contribution in [0.15, 0.2) is 51.8 Å². The molecule has 2 N–H and O–H groups in total. The maximum atomic E-state index is 11.9. The molecule has 0 radical (unpaired) electrons. The van der Waals surface area contributed by atoms with E-state index in [1.807, 2.05) is 24.3 Å². The second-order valence-electron chi connectivity index (χ2n) is 5.50. The third kappa shape index (κ3) is 6.97. The van der Waals surface area contributed by atoms with Crippen molar-refractivity contribution in [2.45, 2.75) is 11.0 Å². The van der Waals surface area contributed by atoms with Gasteiger partial charge in [0.05, 0.1) is 20.0 Å². The summed E-state index contributed by atoms with van der Waals surface area (Å²) in [7, 11) is 3.06. The molecule has 2 aromatic carbocycles. The number of amides is 1. The van der Waals surface area contributed by atoms with E-state index in [2.05, 4.69) is 21.2 Å². The fraction of sp³-hybridized carbons (Fsp3) is 0.316. The number of aliphatic hydroxyl groups excluding tert-OH is 1. The molecule has 0 aromatic heterocycles. The minimum Gasteiger partial charge on any atom is -0.493 e. The molecule has 1 atom stereocenters. The van der Waals surface area contributed by atoms with Crippen LogP contribution in [0.3, 0.4) is 0 Å². The standard InChI is InChI=1S/C19H22BrNO5S/c1-24-16-4-3-5-17(25-2)19(16)26-11-14(22)10-21-18(23)12-27-15-8-6-13(20)7-9-15/h3-9,14,22H,10-12H2,1-2H3,(H,21,23). The number of nitrogens with one attached hydrogen (secondary N) is 1. The summed E-state index contributed by atoms with van der Waals surface area (Å²) in [6.45, 7) is 0.0913. The monoisotopic (exact) mass is 455 g/mol. The normalized spacial score (nSPS) is 11.6. The Morgan fingerprint density at radius 3 is 2.37 bits per heavy atom. The van der Waals surface area contributed by atoms with Crippen LogP contribution in [0.4, 0.5) is 0 Å². The molecule has 27 heavy (non-hydrogen) atoms. The predicted octanol–water partition coefficient (Wildman–Crippen LogP) is 3.11. The minimum atomic E-state index is -0.860. The number of halogens is 1. The maximum Gasteiger partial charge on any atom is 0.230 e. The van der Waals surface area contributed by atoms with Gasteiger partial charge in [-0.05, 0) is 36.4 Å². The van der Waals surface area contributed by atoms with E-state index in [1.54, 1.807) is 18.2 Å². The van der Waals surface area contributed by atoms with Crippen molar-refractivity contribution < 1.29 is 24.1 Å². The molecule has 6 nitrogen and oxygen atoms in total. The number of thioether (sulfide) groups is 1. The number of carbonyl (C=O) groups is 1. The highest BCUT2D eigenvalue weighted by molar-refractivity contribution is 9.10. The number of rotatable bonds is 10. The molecule has 0 aliphatic heterocycles. The van der Waals surface area contributed by atoms with Gasteiger partial charge in [0.25, 0.3) is 0 Å². The molecule has 2 rings (SSSR count). The first-order valence-electron chi connectivity index (χ1n) is 8.20. The van der Waals surface area contributed by atoms with E-state index in [0.29, 0.717) is 17.2 Å². The Morgan fingerprint density at radius 1 is 1.15 bits per heavy atom. The zero-order chi connectivity index (χ0) is 19.6. The fourth-order valence-electron chi connectivity index (χ4n) is 2.16. The fourth-order valence-corrected chi connectivity index (χ4v) is 3.15. The second-order valence-corrected chi connectivity index (χ2v) is 7.47. The van der Waals surface area contributed by atoms with Crippen molar-refractivity contribution in [2.24, 2.45) is 0 Å². The number of para-hydroxylation sites is 1. The average molecular weight is 456 g/mol. The number of methoxy groups -OCH3 is 2. The summed E-state index contributed by atoms with van der Waals surface area (Å²) in [6, 6.07) is 13.0. The zero-order valence-corrected chi connectivity index (χ0v) is 17.5. The van der Waals surface area contributed by atoms with E-state index in [9.17, 15) is 9.90 Å². The number of ether oxygens (including phenoxy) is 3. The largest absolute Gasteiger partial charge is 0.493 e. The van der Waals surface area contributed by atoms with Crippen molar-refractivity contribution >= 4 is 33.6 Å². The van der Waals surface area contributed by atoms with Crippen molar-refractivity contribution in [1.29, 1.82) is 0 Å². The molecule has 1 amide bonds. The molecular weight excluding hydrogens is 434 g/mol. The van der Waals surface area contributed by atoms with Crippen molar-refractivity contribution in [2.75, 3.05) is 33.1 Å². The van der Waals surface area contributed by atoms with Crippen LogP contribution in [0, 0.1) is 0 Å². The van der Waals surface area contributed by atoms with Gasteiger partial charge in [0, 0.05) is 15.9 Å². The minimum absolute atomic E-state index is 0.00311. The van der Waals surface area contributed by atoms with Crippen LogP contribution in [-0.4, -0.2) is 50.2 Å². The maximum absolute atomic E-state index is 11.9. The molecule has 0 bridgehead atoms. The molecular formula is C19H22BrNO5S. The smallest absolute Gasteiger partial charge is 0.230 e. The second kappa shape index (κ2) is 11.1. The summed E-state index contributed by atoms with van der Waals surface area (Å²) in [6.07, 6.45) is -0.860. The van der Waals surface area contributed by atoms with Crippen LogP contribution in [0.5, 0.6) is 17.2 Å². The van der Waals surface area contributed by atoms with Gasteiger partial charge in [-0.1, -0.05) is 22.0 Å². The number of hydrogen-bond donors (Lipinski definition) is 2. The van der Waals surface area contributed by atoms with Gasteiger partial charge in [-0.2, -0.15) is 0 Å². The van der Waals surface area contributed by atoms with Gasteiger partial charge in [0.15, 0.2) is 11.5 Å². The van der Waals surface area contributed by atoms with Crippen LogP contribution in [0.25, 0.3) is 0 Å². The van der Waals surface area contributed by atoms with Gasteiger partial charge in [0.1, 0.15) is 12.7 Å². The highest BCUT2D eigenvalue weighted by Gasteiger charge is 2.14. The van der Waals surface area contributed by atoms with Gasteiger partial charge in [-0.15, -0.1) is 11.8 Å². The number of hydrogen-bond acceptors (Lipinski definition) is 6. The van der Waals surface area contributed by atoms with E-state index in [1.165, 1.54) is 26.0 Å². The first kappa shape index (κ1) is 21.4. The Labute approximate surface area is 171 Å². The Hall–Kier alpha value is -1.90. The van der Waals surface area contributed by atoms with Gasteiger partial charge in [-0.25, -0.2) is 0 Å². The Balaban J connectivity index is 1.75. The SMILES string of the molecule is COc1cccc(OC)c1OCC(O)CNC(=O)CSc1ccc(Br)cc1. The molecule has 0 saturated carbocycles. The van der Waals surface area contributed by atoms with E-state index >= 15 is 0 Å². The van der Waals surface area contributed by atoms with Gasteiger partial charge < -0.3 is 24.6 Å². The molecule has 2 aromatic rings. The van der Waals surface area contributed by atoms with Crippen molar-refractivity contribution in [3.05, 3.63) is 46.9 Å². The molecule has 146 valence electrons. The van der Waals surface area contributed by atoms with Crippen LogP contribution in [0.1, 0.15) is 0 Å². The van der Waals surface area contributed by atoms with E-state index < -0.39 is 6.10 Å². The van der Waals surface area contributed by atoms with Crippen LogP contribution in [-0.2, 0) is 4.79 Å². The Bertz CT molecular complexity index is 719. The lowest BCUT2D eigenvalue weighted by Crippen LogP contribution is -2.36. The molecule has 8 heteroatoms. The molecule has 0 fully saturated rings. The van der Waals surface area contributed by atoms with E-state index in [-0.39, 0.29) is 24.8 Å². The highest BCUT2D eigenvalue weighted by Crippen LogP contribution is 2.36. The van der Waals surface area contributed by atoms with Crippen LogP contribution < -0.4 is 19.5 Å². The first-order valence-corrected chi connectivity index (χ1v) is 9.98. The van der Waals surface area contributed by atoms with Gasteiger partial charge in [-0.3, -0.25) is 4.79 Å². The average Bonchev–Trinajstić information content (AvgIpc) is 2.69. The first-order chi connectivity index (χ1) is 13.0. The van der Waals surface area contributed by atoms with Gasteiger partial charge in [0.2, 0.25) is 11.7 Å². The van der Waals surface area contributed by atoms with Crippen molar-refractivity contribution in [1.82, 2.24) is 5.32 Å². The molecule has 1 unspecified atom stereocenters. The number of benzene rings is 2. The topological polar surface area (TPSA) is 77.0 Å². The summed E-state index contributed by atoms with van der Waals surface area (Å²) >= 11 is 4.80.